The summed E-state index contributed by atoms with van der Waals surface area (Å²) in [5.74, 6) is 1.52. The number of rotatable bonds is 7. The highest BCUT2D eigenvalue weighted by atomic mass is 32.1. The zero-order valence-corrected chi connectivity index (χ0v) is 18.4. The van der Waals surface area contributed by atoms with Crippen LogP contribution in [0.15, 0.2) is 24.3 Å². The minimum atomic E-state index is -0.320. The molecule has 0 atom stereocenters. The average molecular weight is 434 g/mol. The zero-order valence-electron chi connectivity index (χ0n) is 17.5. The second-order valence-electron chi connectivity index (χ2n) is 6.94. The Bertz CT molecular complexity index is 866. The van der Waals surface area contributed by atoms with Gasteiger partial charge in [-0.15, -0.1) is 0 Å². The molecule has 1 aromatic heterocycles. The van der Waals surface area contributed by atoms with Gasteiger partial charge < -0.3 is 24.2 Å². The van der Waals surface area contributed by atoms with Crippen molar-refractivity contribution in [3.05, 3.63) is 35.7 Å². The topological polar surface area (TPSA) is 88.1 Å². The summed E-state index contributed by atoms with van der Waals surface area (Å²) in [6, 6.07) is 7.81. The van der Waals surface area contributed by atoms with Gasteiger partial charge in [0.05, 0.1) is 20.3 Å². The van der Waals surface area contributed by atoms with E-state index in [1.54, 1.807) is 23.8 Å². The number of hydrogen-bond donors (Lipinski definition) is 0. The minimum absolute atomic E-state index is 0.00514. The minimum Gasteiger partial charge on any atom is -0.497 e. The molecule has 3 rings (SSSR count). The highest BCUT2D eigenvalue weighted by Gasteiger charge is 2.25. The normalized spacial score (nSPS) is 13.8. The summed E-state index contributed by atoms with van der Waals surface area (Å²) in [4.78, 5) is 34.2. The van der Waals surface area contributed by atoms with Crippen LogP contribution in [0.2, 0.25) is 0 Å². The van der Waals surface area contributed by atoms with E-state index in [0.717, 1.165) is 11.3 Å². The molecule has 1 aliphatic heterocycles. The van der Waals surface area contributed by atoms with Crippen LogP contribution in [-0.2, 0) is 16.0 Å². The maximum atomic E-state index is 12.6. The van der Waals surface area contributed by atoms with Crippen molar-refractivity contribution < 1.29 is 19.1 Å². The van der Waals surface area contributed by atoms with Gasteiger partial charge in [-0.05, 0) is 24.6 Å². The largest absolute Gasteiger partial charge is 0.497 e. The lowest BCUT2D eigenvalue weighted by atomic mass is 10.1. The molecular weight excluding hydrogens is 406 g/mol. The lowest BCUT2D eigenvalue weighted by molar-refractivity contribution is -0.131. The van der Waals surface area contributed by atoms with Crippen LogP contribution in [0.4, 0.5) is 9.93 Å². The first-order chi connectivity index (χ1) is 14.5. The van der Waals surface area contributed by atoms with Crippen molar-refractivity contribution in [2.45, 2.75) is 13.3 Å². The molecule has 10 heteroatoms. The molecular formula is C20H27N5O4S. The van der Waals surface area contributed by atoms with Crippen molar-refractivity contribution in [3.8, 4) is 5.75 Å². The highest BCUT2D eigenvalue weighted by molar-refractivity contribution is 7.09. The van der Waals surface area contributed by atoms with Crippen LogP contribution >= 0.6 is 11.5 Å². The number of piperazine rings is 1. The van der Waals surface area contributed by atoms with Crippen molar-refractivity contribution in [2.24, 2.45) is 0 Å². The summed E-state index contributed by atoms with van der Waals surface area (Å²) in [7, 11) is 3.48. The van der Waals surface area contributed by atoms with Crippen molar-refractivity contribution in [3.63, 3.8) is 0 Å². The number of hydrogen-bond acceptors (Lipinski definition) is 8. The monoisotopic (exact) mass is 433 g/mol. The number of nitrogens with zero attached hydrogens (tertiary/aromatic N) is 5. The van der Waals surface area contributed by atoms with Gasteiger partial charge in [0.25, 0.3) is 0 Å². The van der Waals surface area contributed by atoms with E-state index < -0.39 is 0 Å². The Labute approximate surface area is 180 Å². The molecule has 1 aromatic carbocycles. The van der Waals surface area contributed by atoms with E-state index in [2.05, 4.69) is 9.36 Å². The number of carbonyl (C=O) groups excluding carboxylic acids is 2. The van der Waals surface area contributed by atoms with Crippen LogP contribution in [0.5, 0.6) is 5.75 Å². The number of likely N-dealkylation sites (N-methyl/N-ethyl adjacent to an activating group) is 1. The molecule has 2 aromatic rings. The van der Waals surface area contributed by atoms with E-state index in [1.165, 1.54) is 11.5 Å². The van der Waals surface area contributed by atoms with Crippen molar-refractivity contribution >= 4 is 28.7 Å². The summed E-state index contributed by atoms with van der Waals surface area (Å²) in [5, 5.41) is 0.700. The highest BCUT2D eigenvalue weighted by Crippen LogP contribution is 2.20. The molecule has 0 radical (unpaired) electrons. The first-order valence-electron chi connectivity index (χ1n) is 9.86. The molecule has 0 aliphatic carbocycles. The fraction of sp³-hybridized carbons (Fsp3) is 0.500. The number of anilines is 1. The SMILES string of the molecule is CCOC(=O)N1CCN(C(=O)CN(C)c2nc(Cc3cccc(OC)c3)ns2)CC1. The predicted molar refractivity (Wildman–Crippen MR) is 114 cm³/mol. The third kappa shape index (κ3) is 5.59. The van der Waals surface area contributed by atoms with Crippen LogP contribution in [0, 0.1) is 0 Å². The van der Waals surface area contributed by atoms with Crippen molar-refractivity contribution in [2.75, 3.05) is 58.4 Å². The summed E-state index contributed by atoms with van der Waals surface area (Å²) in [6.07, 6.45) is 0.282. The van der Waals surface area contributed by atoms with Gasteiger partial charge in [-0.3, -0.25) is 4.79 Å². The molecule has 2 heterocycles. The predicted octanol–water partition coefficient (Wildman–Crippen LogP) is 1.87. The third-order valence-corrected chi connectivity index (χ3v) is 5.68. The van der Waals surface area contributed by atoms with Gasteiger partial charge in [-0.2, -0.15) is 4.37 Å². The molecule has 1 fully saturated rings. The van der Waals surface area contributed by atoms with E-state index in [0.29, 0.717) is 50.2 Å². The Balaban J connectivity index is 1.51. The van der Waals surface area contributed by atoms with Gasteiger partial charge >= 0.3 is 6.09 Å². The second kappa shape index (κ2) is 10.2. The quantitative estimate of drug-likeness (QED) is 0.659. The first kappa shape index (κ1) is 21.8. The molecule has 9 nitrogen and oxygen atoms in total. The number of ether oxygens (including phenoxy) is 2. The van der Waals surface area contributed by atoms with Gasteiger partial charge in [0.1, 0.15) is 11.6 Å². The third-order valence-electron chi connectivity index (χ3n) is 4.81. The maximum absolute atomic E-state index is 12.6. The number of carbonyl (C=O) groups is 2. The lowest BCUT2D eigenvalue weighted by Crippen LogP contribution is -2.52. The molecule has 0 N–H and O–H groups in total. The molecule has 1 aliphatic rings. The smallest absolute Gasteiger partial charge is 0.409 e. The van der Waals surface area contributed by atoms with Crippen LogP contribution in [0.25, 0.3) is 0 Å². The van der Waals surface area contributed by atoms with Crippen LogP contribution in [0.3, 0.4) is 0 Å². The number of methoxy groups -OCH3 is 1. The summed E-state index contributed by atoms with van der Waals surface area (Å²) in [6.45, 7) is 4.32. The zero-order chi connectivity index (χ0) is 21.5. The van der Waals surface area contributed by atoms with Gasteiger partial charge in [-0.1, -0.05) is 12.1 Å². The fourth-order valence-electron chi connectivity index (χ4n) is 3.16. The number of aromatic nitrogens is 2. The van der Waals surface area contributed by atoms with Crippen molar-refractivity contribution in [1.82, 2.24) is 19.2 Å². The summed E-state index contributed by atoms with van der Waals surface area (Å²) >= 11 is 1.28. The molecule has 2 amide bonds. The van der Waals surface area contributed by atoms with Crippen LogP contribution in [-0.4, -0.2) is 84.6 Å². The van der Waals surface area contributed by atoms with E-state index in [1.807, 2.05) is 36.2 Å². The Morgan fingerprint density at radius 3 is 2.63 bits per heavy atom. The average Bonchev–Trinajstić information content (AvgIpc) is 3.22. The standard InChI is InChI=1S/C20H27N5O4S/c1-4-29-20(27)25-10-8-24(9-11-25)18(26)14-23(2)19-21-17(22-30-19)13-15-6-5-7-16(12-15)28-3/h5-7,12H,4,8-11,13-14H2,1-3H3. The van der Waals surface area contributed by atoms with Crippen LogP contribution in [0.1, 0.15) is 18.3 Å². The molecule has 0 bridgehead atoms. The molecule has 30 heavy (non-hydrogen) atoms. The first-order valence-corrected chi connectivity index (χ1v) is 10.6. The van der Waals surface area contributed by atoms with Gasteiger partial charge in [-0.25, -0.2) is 9.78 Å². The summed E-state index contributed by atoms with van der Waals surface area (Å²) in [5.41, 5.74) is 1.07. The molecule has 1 saturated heterocycles. The van der Waals surface area contributed by atoms with Gasteiger partial charge in [0.15, 0.2) is 0 Å². The van der Waals surface area contributed by atoms with Crippen molar-refractivity contribution in [1.29, 1.82) is 0 Å². The van der Waals surface area contributed by atoms with Crippen LogP contribution < -0.4 is 9.64 Å². The molecule has 0 spiro atoms. The fourth-order valence-corrected chi connectivity index (χ4v) is 3.80. The second-order valence-corrected chi connectivity index (χ2v) is 7.67. The maximum Gasteiger partial charge on any atom is 0.409 e. The molecule has 0 saturated carbocycles. The Hall–Kier alpha value is -2.88. The Kier molecular flexibility index (Phi) is 7.45. The van der Waals surface area contributed by atoms with Gasteiger partial charge in [0.2, 0.25) is 11.0 Å². The van der Waals surface area contributed by atoms with E-state index in [4.69, 9.17) is 9.47 Å². The summed E-state index contributed by atoms with van der Waals surface area (Å²) < 4.78 is 14.7. The molecule has 162 valence electrons. The van der Waals surface area contributed by atoms with Gasteiger partial charge in [0, 0.05) is 51.2 Å². The Morgan fingerprint density at radius 1 is 1.20 bits per heavy atom. The van der Waals surface area contributed by atoms with E-state index >= 15 is 0 Å². The molecule has 0 unspecified atom stereocenters. The number of benzene rings is 1. The Morgan fingerprint density at radius 2 is 1.93 bits per heavy atom. The lowest BCUT2D eigenvalue weighted by Gasteiger charge is -2.34. The van der Waals surface area contributed by atoms with E-state index in [9.17, 15) is 9.59 Å². The van der Waals surface area contributed by atoms with E-state index in [-0.39, 0.29) is 18.5 Å². The number of amides is 2.